The van der Waals surface area contributed by atoms with Crippen molar-refractivity contribution < 1.29 is 27.8 Å². The summed E-state index contributed by atoms with van der Waals surface area (Å²) in [6.07, 6.45) is -8.85. The van der Waals surface area contributed by atoms with Gasteiger partial charge in [-0.05, 0) is 28.3 Å². The summed E-state index contributed by atoms with van der Waals surface area (Å²) in [6.45, 7) is -0.0875. The van der Waals surface area contributed by atoms with E-state index in [9.17, 15) is 23.1 Å². The molecule has 3 aromatic carbocycles. The second kappa shape index (κ2) is 8.96. The van der Waals surface area contributed by atoms with E-state index in [1.807, 2.05) is 18.2 Å². The molecule has 0 aliphatic heterocycles. The number of aliphatic hydroxyl groups is 1. The van der Waals surface area contributed by atoms with Gasteiger partial charge in [0.2, 0.25) is 0 Å². The molecule has 0 spiro atoms. The third-order valence-corrected chi connectivity index (χ3v) is 4.55. The van der Waals surface area contributed by atoms with Gasteiger partial charge >= 0.3 is 12.3 Å². The predicted molar refractivity (Wildman–Crippen MR) is 103 cm³/mol. The fraction of sp³-hybridized carbons (Fsp3) is 0.227. The van der Waals surface area contributed by atoms with Gasteiger partial charge in [0.15, 0.2) is 6.10 Å². The van der Waals surface area contributed by atoms with Crippen LogP contribution in [0.4, 0.5) is 18.0 Å². The molecule has 3 aromatic rings. The number of hydrogen-bond donors (Lipinski definition) is 2. The number of benzene rings is 3. The summed E-state index contributed by atoms with van der Waals surface area (Å²) in [5, 5.41) is 13.6. The van der Waals surface area contributed by atoms with E-state index in [2.05, 4.69) is 5.32 Å². The Morgan fingerprint density at radius 3 is 2.34 bits per heavy atom. The summed E-state index contributed by atoms with van der Waals surface area (Å²) in [4.78, 5) is 12.1. The number of fused-ring (bicyclic) bond motifs is 1. The molecule has 0 aliphatic rings. The minimum absolute atomic E-state index is 0.0875. The number of carbonyl (C=O) groups excluding carboxylic acids is 1. The van der Waals surface area contributed by atoms with Gasteiger partial charge in [-0.3, -0.25) is 0 Å². The van der Waals surface area contributed by atoms with E-state index in [0.29, 0.717) is 11.1 Å². The first-order valence-electron chi connectivity index (χ1n) is 9.03. The van der Waals surface area contributed by atoms with Crippen molar-refractivity contribution >= 4 is 16.9 Å². The lowest BCUT2D eigenvalue weighted by Gasteiger charge is -2.26. The maximum absolute atomic E-state index is 13.2. The van der Waals surface area contributed by atoms with Gasteiger partial charge < -0.3 is 15.2 Å². The number of nitrogens with one attached hydrogen (secondary N) is 1. The Balaban J connectivity index is 1.76. The molecule has 2 atom stereocenters. The maximum atomic E-state index is 13.2. The fourth-order valence-corrected chi connectivity index (χ4v) is 3.09. The number of hydrogen-bond acceptors (Lipinski definition) is 3. The second-order valence-electron chi connectivity index (χ2n) is 6.64. The van der Waals surface area contributed by atoms with Gasteiger partial charge in [0.1, 0.15) is 6.61 Å². The number of halogens is 3. The molecule has 0 radical (unpaired) electrons. The van der Waals surface area contributed by atoms with Crippen molar-refractivity contribution in [1.29, 1.82) is 0 Å². The smallest absolute Gasteiger partial charge is 0.416 e. The van der Waals surface area contributed by atoms with E-state index >= 15 is 0 Å². The number of ether oxygens (including phenoxy) is 1. The monoisotopic (exact) mass is 403 g/mol. The van der Waals surface area contributed by atoms with Crippen LogP contribution in [0.2, 0.25) is 0 Å². The van der Waals surface area contributed by atoms with Crippen LogP contribution in [0.3, 0.4) is 0 Å². The molecule has 29 heavy (non-hydrogen) atoms. The highest BCUT2D eigenvalue weighted by atomic mass is 19.4. The van der Waals surface area contributed by atoms with E-state index in [0.717, 1.165) is 10.8 Å². The SMILES string of the molecule is O=C(NC(Cc1cccc2ccccc12)C(O)C(F)(F)F)OCc1ccccc1. The quantitative estimate of drug-likeness (QED) is 0.632. The largest absolute Gasteiger partial charge is 0.445 e. The average molecular weight is 403 g/mol. The van der Waals surface area contributed by atoms with Crippen LogP contribution in [0.1, 0.15) is 11.1 Å². The molecule has 2 N–H and O–H groups in total. The summed E-state index contributed by atoms with van der Waals surface area (Å²) in [7, 11) is 0. The van der Waals surface area contributed by atoms with Crippen molar-refractivity contribution in [2.24, 2.45) is 0 Å². The molecule has 3 rings (SSSR count). The van der Waals surface area contributed by atoms with Gasteiger partial charge in [0.25, 0.3) is 0 Å². The zero-order chi connectivity index (χ0) is 20.9. The lowest BCUT2D eigenvalue weighted by atomic mass is 9.96. The molecule has 152 valence electrons. The standard InChI is InChI=1S/C22H20F3NO3/c23-22(24,25)20(27)19(26-21(28)29-14-15-7-2-1-3-8-15)13-17-11-6-10-16-9-4-5-12-18(16)17/h1-12,19-20,27H,13-14H2,(H,26,28). The molecule has 0 heterocycles. The zero-order valence-corrected chi connectivity index (χ0v) is 15.4. The number of amides is 1. The van der Waals surface area contributed by atoms with Crippen LogP contribution < -0.4 is 5.32 Å². The second-order valence-corrected chi connectivity index (χ2v) is 6.64. The third-order valence-electron chi connectivity index (χ3n) is 4.55. The summed E-state index contributed by atoms with van der Waals surface area (Å²) < 4.78 is 44.5. The van der Waals surface area contributed by atoms with Gasteiger partial charge in [-0.25, -0.2) is 4.79 Å². The van der Waals surface area contributed by atoms with E-state index in [1.54, 1.807) is 54.6 Å². The van der Waals surface area contributed by atoms with E-state index in [4.69, 9.17) is 4.74 Å². The van der Waals surface area contributed by atoms with Crippen LogP contribution in [0.15, 0.2) is 72.8 Å². The van der Waals surface area contributed by atoms with Gasteiger partial charge in [-0.15, -0.1) is 0 Å². The normalized spacial score (nSPS) is 13.7. The minimum Gasteiger partial charge on any atom is -0.445 e. The molecule has 0 aliphatic carbocycles. The average Bonchev–Trinajstić information content (AvgIpc) is 2.71. The van der Waals surface area contributed by atoms with Crippen LogP contribution in [-0.4, -0.2) is 29.5 Å². The van der Waals surface area contributed by atoms with E-state index in [1.165, 1.54) is 0 Å². The first kappa shape index (κ1) is 20.7. The molecule has 0 saturated heterocycles. The molecule has 0 aromatic heterocycles. The Kier molecular flexibility index (Phi) is 6.39. The number of alkyl carbamates (subject to hydrolysis) is 1. The Morgan fingerprint density at radius 2 is 1.62 bits per heavy atom. The van der Waals surface area contributed by atoms with Gasteiger partial charge in [-0.2, -0.15) is 13.2 Å². The van der Waals surface area contributed by atoms with Crippen molar-refractivity contribution in [2.75, 3.05) is 0 Å². The number of carbonyl (C=O) groups is 1. The Labute approximate surface area is 165 Å². The van der Waals surface area contributed by atoms with Crippen molar-refractivity contribution in [3.8, 4) is 0 Å². The van der Waals surface area contributed by atoms with Crippen molar-refractivity contribution in [3.63, 3.8) is 0 Å². The molecule has 4 nitrogen and oxygen atoms in total. The third kappa shape index (κ3) is 5.48. The number of aliphatic hydroxyl groups excluding tert-OH is 1. The molecule has 0 saturated carbocycles. The number of rotatable bonds is 6. The summed E-state index contributed by atoms with van der Waals surface area (Å²) >= 11 is 0. The Bertz CT molecular complexity index is 955. The first-order chi connectivity index (χ1) is 13.8. The first-order valence-corrected chi connectivity index (χ1v) is 9.03. The predicted octanol–water partition coefficient (Wildman–Crippen LogP) is 4.60. The van der Waals surface area contributed by atoms with Crippen molar-refractivity contribution in [3.05, 3.63) is 83.9 Å². The van der Waals surface area contributed by atoms with Crippen molar-refractivity contribution in [1.82, 2.24) is 5.32 Å². The highest BCUT2D eigenvalue weighted by Gasteiger charge is 2.44. The zero-order valence-electron chi connectivity index (χ0n) is 15.4. The molecule has 1 amide bonds. The summed E-state index contributed by atoms with van der Waals surface area (Å²) in [6, 6.07) is 19.7. The minimum atomic E-state index is -4.89. The van der Waals surface area contributed by atoms with Crippen LogP contribution in [0.25, 0.3) is 10.8 Å². The highest BCUT2D eigenvalue weighted by molar-refractivity contribution is 5.85. The molecule has 0 bridgehead atoms. The maximum Gasteiger partial charge on any atom is 0.416 e. The van der Waals surface area contributed by atoms with E-state index < -0.39 is 24.4 Å². The van der Waals surface area contributed by atoms with Crippen LogP contribution >= 0.6 is 0 Å². The lowest BCUT2D eigenvalue weighted by molar-refractivity contribution is -0.211. The van der Waals surface area contributed by atoms with Crippen molar-refractivity contribution in [2.45, 2.75) is 31.3 Å². The lowest BCUT2D eigenvalue weighted by Crippen LogP contribution is -2.51. The Morgan fingerprint density at radius 1 is 0.966 bits per heavy atom. The Hall–Kier alpha value is -3.06. The van der Waals surface area contributed by atoms with Crippen LogP contribution in [0, 0.1) is 0 Å². The molecule has 2 unspecified atom stereocenters. The van der Waals surface area contributed by atoms with Crippen LogP contribution in [0.5, 0.6) is 0 Å². The van der Waals surface area contributed by atoms with E-state index in [-0.39, 0.29) is 13.0 Å². The highest BCUT2D eigenvalue weighted by Crippen LogP contribution is 2.26. The van der Waals surface area contributed by atoms with Gasteiger partial charge in [0.05, 0.1) is 6.04 Å². The fourth-order valence-electron chi connectivity index (χ4n) is 3.09. The summed E-state index contributed by atoms with van der Waals surface area (Å²) in [5.74, 6) is 0. The molecular formula is C22H20F3NO3. The van der Waals surface area contributed by atoms with Gasteiger partial charge in [-0.1, -0.05) is 72.8 Å². The molecule has 7 heteroatoms. The van der Waals surface area contributed by atoms with Crippen LogP contribution in [-0.2, 0) is 17.8 Å². The topological polar surface area (TPSA) is 58.6 Å². The summed E-state index contributed by atoms with van der Waals surface area (Å²) in [5.41, 5.74) is 1.28. The molecular weight excluding hydrogens is 383 g/mol. The number of alkyl halides is 3. The van der Waals surface area contributed by atoms with Gasteiger partial charge in [0, 0.05) is 0 Å². The molecule has 0 fully saturated rings.